The Morgan fingerprint density at radius 1 is 1.19 bits per heavy atom. The largest absolute Gasteiger partial charge is 0.489 e. The first kappa shape index (κ1) is 18.3. The first-order chi connectivity index (χ1) is 13.0. The molecular formula is C22H22ClFNO2. The van der Waals surface area contributed by atoms with Crippen LogP contribution in [0, 0.1) is 12.1 Å². The first-order valence-corrected chi connectivity index (χ1v) is 9.69. The number of hydrogen-bond acceptors (Lipinski definition) is 3. The maximum atomic E-state index is 13.2. The number of hydrogen-bond donors (Lipinski definition) is 0. The molecule has 4 rings (SSSR count). The van der Waals surface area contributed by atoms with Gasteiger partial charge in [-0.05, 0) is 50.5 Å². The highest BCUT2D eigenvalue weighted by Gasteiger charge is 2.23. The van der Waals surface area contributed by atoms with Crippen LogP contribution in [0.2, 0.25) is 5.02 Å². The number of rotatable bonds is 4. The molecule has 1 aromatic heterocycles. The molecule has 0 unspecified atom stereocenters. The second-order valence-electron chi connectivity index (χ2n) is 7.31. The summed E-state index contributed by atoms with van der Waals surface area (Å²) in [6.45, 7) is 6.51. The number of piperidine rings is 1. The van der Waals surface area contributed by atoms with Crippen molar-refractivity contribution in [2.75, 3.05) is 13.1 Å². The number of ether oxygens (including phenoxy) is 1. The van der Waals surface area contributed by atoms with Crippen LogP contribution in [0.1, 0.15) is 26.7 Å². The lowest BCUT2D eigenvalue weighted by Gasteiger charge is -2.34. The molecule has 1 aliphatic heterocycles. The fraction of sp³-hybridized carbons (Fsp3) is 0.364. The fourth-order valence-electron chi connectivity index (χ4n) is 3.59. The standard InChI is InChI=1S/C22H22ClFNO2/c1-14(2)25-9-7-17(8-10-25)27-22-12-21-18(11-20(22)23)19(13-26-21)15-3-5-16(24)6-4-15/h3-6,11-12,14,17H,7-10H2,1-2H3. The number of fused-ring (bicyclic) bond motifs is 1. The lowest BCUT2D eigenvalue weighted by atomic mass is 10.0. The average Bonchev–Trinajstić information content (AvgIpc) is 3.06. The van der Waals surface area contributed by atoms with E-state index in [1.807, 2.05) is 12.1 Å². The van der Waals surface area contributed by atoms with Gasteiger partial charge in [0.1, 0.15) is 23.3 Å². The molecule has 1 aliphatic rings. The van der Waals surface area contributed by atoms with Crippen LogP contribution in [-0.4, -0.2) is 30.1 Å². The Hall–Kier alpha value is -2.04. The Balaban J connectivity index is 1.55. The van der Waals surface area contributed by atoms with Crippen LogP contribution in [0.4, 0.5) is 4.39 Å². The number of benzene rings is 2. The molecule has 0 spiro atoms. The van der Waals surface area contributed by atoms with Crippen molar-refractivity contribution in [3.05, 3.63) is 53.5 Å². The van der Waals surface area contributed by atoms with E-state index in [2.05, 4.69) is 25.0 Å². The zero-order chi connectivity index (χ0) is 19.0. The molecule has 0 bridgehead atoms. The van der Waals surface area contributed by atoms with Gasteiger partial charge in [-0.1, -0.05) is 23.7 Å². The van der Waals surface area contributed by atoms with E-state index < -0.39 is 0 Å². The van der Waals surface area contributed by atoms with E-state index in [1.54, 1.807) is 12.1 Å². The topological polar surface area (TPSA) is 25.6 Å². The highest BCUT2D eigenvalue weighted by Crippen LogP contribution is 2.37. The van der Waals surface area contributed by atoms with Crippen molar-refractivity contribution in [2.45, 2.75) is 38.8 Å². The van der Waals surface area contributed by atoms with Gasteiger partial charge in [0, 0.05) is 36.1 Å². The van der Waals surface area contributed by atoms with E-state index in [-0.39, 0.29) is 11.9 Å². The molecule has 0 atom stereocenters. The Kier molecular flexibility index (Phi) is 5.11. The zero-order valence-electron chi connectivity index (χ0n) is 15.5. The van der Waals surface area contributed by atoms with Crippen LogP contribution in [0.25, 0.3) is 22.1 Å². The Morgan fingerprint density at radius 3 is 2.56 bits per heavy atom. The molecule has 2 aromatic carbocycles. The highest BCUT2D eigenvalue weighted by molar-refractivity contribution is 6.33. The van der Waals surface area contributed by atoms with Gasteiger partial charge in [-0.25, -0.2) is 4.39 Å². The van der Waals surface area contributed by atoms with E-state index >= 15 is 0 Å². The van der Waals surface area contributed by atoms with Gasteiger partial charge >= 0.3 is 0 Å². The van der Waals surface area contributed by atoms with Crippen LogP contribution >= 0.6 is 11.6 Å². The van der Waals surface area contributed by atoms with Crippen LogP contribution in [0.5, 0.6) is 5.75 Å². The molecule has 1 radical (unpaired) electrons. The number of furan rings is 1. The molecule has 1 fully saturated rings. The van der Waals surface area contributed by atoms with Gasteiger partial charge in [0.05, 0.1) is 5.02 Å². The van der Waals surface area contributed by atoms with Crippen molar-refractivity contribution in [3.63, 3.8) is 0 Å². The van der Waals surface area contributed by atoms with E-state index in [9.17, 15) is 4.39 Å². The van der Waals surface area contributed by atoms with Gasteiger partial charge in [0.15, 0.2) is 6.26 Å². The first-order valence-electron chi connectivity index (χ1n) is 9.31. The molecule has 0 amide bonds. The quantitative estimate of drug-likeness (QED) is 0.554. The average molecular weight is 387 g/mol. The normalized spacial score (nSPS) is 16.3. The molecule has 0 N–H and O–H groups in total. The maximum absolute atomic E-state index is 13.2. The molecule has 3 nitrogen and oxygen atoms in total. The third-order valence-electron chi connectivity index (χ3n) is 5.20. The lowest BCUT2D eigenvalue weighted by Crippen LogP contribution is -2.41. The van der Waals surface area contributed by atoms with E-state index in [4.69, 9.17) is 20.8 Å². The molecule has 27 heavy (non-hydrogen) atoms. The summed E-state index contributed by atoms with van der Waals surface area (Å²) >= 11 is 6.49. The smallest absolute Gasteiger partial charge is 0.179 e. The van der Waals surface area contributed by atoms with Crippen molar-refractivity contribution < 1.29 is 13.5 Å². The Labute approximate surface area is 163 Å². The molecule has 141 valence electrons. The maximum Gasteiger partial charge on any atom is 0.179 e. The van der Waals surface area contributed by atoms with E-state index in [0.717, 1.165) is 42.4 Å². The van der Waals surface area contributed by atoms with Gasteiger partial charge in [-0.15, -0.1) is 0 Å². The molecule has 1 saturated heterocycles. The van der Waals surface area contributed by atoms with Gasteiger partial charge in [0.2, 0.25) is 0 Å². The summed E-state index contributed by atoms with van der Waals surface area (Å²) in [5.41, 5.74) is 2.26. The van der Waals surface area contributed by atoms with Crippen molar-refractivity contribution in [2.24, 2.45) is 0 Å². The van der Waals surface area contributed by atoms with Crippen LogP contribution < -0.4 is 4.74 Å². The number of likely N-dealkylation sites (tertiary alicyclic amines) is 1. The third-order valence-corrected chi connectivity index (χ3v) is 5.50. The third kappa shape index (κ3) is 3.83. The minimum atomic E-state index is -0.274. The lowest BCUT2D eigenvalue weighted by molar-refractivity contribution is 0.0844. The summed E-state index contributed by atoms with van der Waals surface area (Å²) in [7, 11) is 0. The second kappa shape index (κ2) is 7.53. The summed E-state index contributed by atoms with van der Waals surface area (Å²) in [6, 6.07) is 10.5. The Morgan fingerprint density at radius 2 is 1.89 bits per heavy atom. The number of halogens is 2. The van der Waals surface area contributed by atoms with Crippen molar-refractivity contribution >= 4 is 22.6 Å². The monoisotopic (exact) mass is 386 g/mol. The summed E-state index contributed by atoms with van der Waals surface area (Å²) in [6.07, 6.45) is 5.03. The van der Waals surface area contributed by atoms with Crippen LogP contribution in [0.15, 0.2) is 40.8 Å². The number of nitrogens with zero attached hydrogens (tertiary/aromatic N) is 1. The highest BCUT2D eigenvalue weighted by atomic mass is 35.5. The predicted octanol–water partition coefficient (Wildman–Crippen LogP) is 5.94. The minimum Gasteiger partial charge on any atom is -0.489 e. The molecule has 3 aromatic rings. The van der Waals surface area contributed by atoms with Crippen molar-refractivity contribution in [3.8, 4) is 16.9 Å². The van der Waals surface area contributed by atoms with Crippen molar-refractivity contribution in [1.29, 1.82) is 0 Å². The minimum absolute atomic E-state index is 0.158. The van der Waals surface area contributed by atoms with E-state index in [1.165, 1.54) is 12.1 Å². The fourth-order valence-corrected chi connectivity index (χ4v) is 3.79. The second-order valence-corrected chi connectivity index (χ2v) is 7.72. The Bertz CT molecular complexity index is 927. The van der Waals surface area contributed by atoms with E-state index in [0.29, 0.717) is 22.4 Å². The van der Waals surface area contributed by atoms with Crippen LogP contribution in [0.3, 0.4) is 0 Å². The zero-order valence-corrected chi connectivity index (χ0v) is 16.2. The predicted molar refractivity (Wildman–Crippen MR) is 106 cm³/mol. The summed E-state index contributed by atoms with van der Waals surface area (Å²) < 4.78 is 24.9. The molecule has 0 saturated carbocycles. The molecular weight excluding hydrogens is 365 g/mol. The van der Waals surface area contributed by atoms with Crippen LogP contribution in [-0.2, 0) is 0 Å². The van der Waals surface area contributed by atoms with Gasteiger partial charge in [-0.3, -0.25) is 0 Å². The van der Waals surface area contributed by atoms with Gasteiger partial charge in [0.25, 0.3) is 0 Å². The van der Waals surface area contributed by atoms with Gasteiger partial charge in [-0.2, -0.15) is 0 Å². The summed E-state index contributed by atoms with van der Waals surface area (Å²) in [5.74, 6) is 0.365. The molecule has 2 heterocycles. The summed E-state index contributed by atoms with van der Waals surface area (Å²) in [4.78, 5) is 2.46. The van der Waals surface area contributed by atoms with Gasteiger partial charge < -0.3 is 14.1 Å². The molecule has 0 aliphatic carbocycles. The van der Waals surface area contributed by atoms with Crippen molar-refractivity contribution in [1.82, 2.24) is 4.90 Å². The summed E-state index contributed by atoms with van der Waals surface area (Å²) in [5, 5.41) is 1.39. The SMILES string of the molecule is CC(C)N1CCC(Oc2cc3o[c]c(-c4ccc(F)cc4)c3cc2Cl)CC1. The molecule has 5 heteroatoms.